The molecule has 0 aliphatic heterocycles. The van der Waals surface area contributed by atoms with E-state index in [1.54, 1.807) is 11.3 Å². The molecule has 3 aromatic rings. The van der Waals surface area contributed by atoms with Crippen LogP contribution in [0.1, 0.15) is 10.7 Å². The third-order valence-corrected chi connectivity index (χ3v) is 3.71. The lowest BCUT2D eigenvalue weighted by Crippen LogP contribution is -1.95. The average molecular weight is 255 g/mol. The van der Waals surface area contributed by atoms with Crippen LogP contribution in [-0.4, -0.2) is 4.98 Å². The molecule has 0 N–H and O–H groups in total. The Morgan fingerprint density at radius 1 is 1.11 bits per heavy atom. The highest BCUT2D eigenvalue weighted by Gasteiger charge is 2.03. The van der Waals surface area contributed by atoms with Crippen molar-refractivity contribution in [3.05, 3.63) is 58.5 Å². The predicted molar refractivity (Wildman–Crippen MR) is 75.1 cm³/mol. The molecular weight excluding hydrogens is 242 g/mol. The summed E-state index contributed by atoms with van der Waals surface area (Å²) in [4.78, 5) is 4.40. The summed E-state index contributed by atoms with van der Waals surface area (Å²) >= 11 is 1.64. The number of nitrogens with zero attached hydrogens (tertiary/aromatic N) is 1. The van der Waals surface area contributed by atoms with Gasteiger partial charge in [0.25, 0.3) is 0 Å². The number of thiazole rings is 1. The van der Waals surface area contributed by atoms with Crippen molar-refractivity contribution < 1.29 is 4.74 Å². The average Bonchev–Trinajstić information content (AvgIpc) is 2.82. The summed E-state index contributed by atoms with van der Waals surface area (Å²) in [6.07, 6.45) is 0. The molecule has 0 saturated heterocycles. The van der Waals surface area contributed by atoms with E-state index in [-0.39, 0.29) is 0 Å². The number of hydrogen-bond donors (Lipinski definition) is 0. The van der Waals surface area contributed by atoms with Crippen LogP contribution in [0.3, 0.4) is 0 Å². The second kappa shape index (κ2) is 4.78. The van der Waals surface area contributed by atoms with Crippen molar-refractivity contribution in [1.82, 2.24) is 4.98 Å². The Hall–Kier alpha value is -1.87. The van der Waals surface area contributed by atoms with E-state index in [1.165, 1.54) is 5.39 Å². The van der Waals surface area contributed by atoms with Gasteiger partial charge in [0.2, 0.25) is 0 Å². The Morgan fingerprint density at radius 3 is 2.78 bits per heavy atom. The molecule has 2 nitrogen and oxygen atoms in total. The first-order chi connectivity index (χ1) is 8.83. The third kappa shape index (κ3) is 2.22. The van der Waals surface area contributed by atoms with Crippen LogP contribution < -0.4 is 4.74 Å². The van der Waals surface area contributed by atoms with Crippen LogP contribution >= 0.6 is 11.3 Å². The highest BCUT2D eigenvalue weighted by molar-refractivity contribution is 7.09. The molecule has 0 radical (unpaired) electrons. The zero-order valence-electron chi connectivity index (χ0n) is 10.1. The van der Waals surface area contributed by atoms with Gasteiger partial charge in [0.15, 0.2) is 0 Å². The Bertz CT molecular complexity index is 670. The molecule has 90 valence electrons. The Kier molecular flexibility index (Phi) is 2.99. The van der Waals surface area contributed by atoms with Crippen LogP contribution in [0.5, 0.6) is 5.75 Å². The maximum atomic E-state index is 5.87. The number of aromatic nitrogens is 1. The highest BCUT2D eigenvalue weighted by atomic mass is 32.1. The molecule has 0 spiro atoms. The van der Waals surface area contributed by atoms with Crippen molar-refractivity contribution in [1.29, 1.82) is 0 Å². The molecule has 0 fully saturated rings. The molecule has 1 heterocycles. The minimum atomic E-state index is 0.534. The van der Waals surface area contributed by atoms with E-state index in [1.807, 2.05) is 36.6 Å². The SMILES string of the molecule is Cc1csc(COc2cccc3ccccc23)n1. The van der Waals surface area contributed by atoms with Gasteiger partial charge in [0, 0.05) is 16.5 Å². The molecule has 0 saturated carbocycles. The molecule has 0 amide bonds. The third-order valence-electron chi connectivity index (χ3n) is 2.77. The predicted octanol–water partition coefficient (Wildman–Crippen LogP) is 4.18. The van der Waals surface area contributed by atoms with E-state index < -0.39 is 0 Å². The van der Waals surface area contributed by atoms with E-state index >= 15 is 0 Å². The van der Waals surface area contributed by atoms with Crippen LogP contribution in [0.4, 0.5) is 0 Å². The number of ether oxygens (including phenoxy) is 1. The maximum Gasteiger partial charge on any atom is 0.140 e. The first kappa shape index (κ1) is 11.2. The van der Waals surface area contributed by atoms with Crippen molar-refractivity contribution in [2.75, 3.05) is 0 Å². The number of benzene rings is 2. The first-order valence-corrected chi connectivity index (χ1v) is 6.72. The fourth-order valence-electron chi connectivity index (χ4n) is 1.93. The molecule has 1 aromatic heterocycles. The molecule has 0 aliphatic carbocycles. The van der Waals surface area contributed by atoms with Gasteiger partial charge in [-0.05, 0) is 18.4 Å². The molecule has 0 unspecified atom stereocenters. The Balaban J connectivity index is 1.86. The van der Waals surface area contributed by atoms with Crippen LogP contribution in [-0.2, 0) is 6.61 Å². The lowest BCUT2D eigenvalue weighted by Gasteiger charge is -2.07. The smallest absolute Gasteiger partial charge is 0.140 e. The number of rotatable bonds is 3. The normalized spacial score (nSPS) is 10.7. The molecule has 0 bridgehead atoms. The summed E-state index contributed by atoms with van der Waals surface area (Å²) in [5.74, 6) is 0.918. The van der Waals surface area contributed by atoms with Crippen molar-refractivity contribution in [3.8, 4) is 5.75 Å². The quantitative estimate of drug-likeness (QED) is 0.700. The van der Waals surface area contributed by atoms with Gasteiger partial charge in [0.1, 0.15) is 17.4 Å². The second-order valence-corrected chi connectivity index (χ2v) is 5.09. The zero-order valence-corrected chi connectivity index (χ0v) is 10.9. The van der Waals surface area contributed by atoms with Gasteiger partial charge in [-0.1, -0.05) is 36.4 Å². The van der Waals surface area contributed by atoms with Crippen molar-refractivity contribution in [3.63, 3.8) is 0 Å². The van der Waals surface area contributed by atoms with E-state index in [2.05, 4.69) is 23.2 Å². The van der Waals surface area contributed by atoms with E-state index in [0.717, 1.165) is 21.8 Å². The van der Waals surface area contributed by atoms with Crippen LogP contribution in [0.25, 0.3) is 10.8 Å². The summed E-state index contributed by atoms with van der Waals surface area (Å²) in [5.41, 5.74) is 1.05. The van der Waals surface area contributed by atoms with Crippen LogP contribution in [0.15, 0.2) is 47.8 Å². The lowest BCUT2D eigenvalue weighted by molar-refractivity contribution is 0.309. The molecule has 18 heavy (non-hydrogen) atoms. The van der Waals surface area contributed by atoms with Gasteiger partial charge in [-0.15, -0.1) is 11.3 Å². The molecule has 2 aromatic carbocycles. The summed E-state index contributed by atoms with van der Waals surface area (Å²) in [6.45, 7) is 2.53. The Morgan fingerprint density at radius 2 is 1.94 bits per heavy atom. The van der Waals surface area contributed by atoms with Gasteiger partial charge >= 0.3 is 0 Å². The standard InChI is InChI=1S/C15H13NOS/c1-11-10-18-15(16-11)9-17-14-8-4-6-12-5-2-3-7-13(12)14/h2-8,10H,9H2,1H3. The van der Waals surface area contributed by atoms with E-state index in [0.29, 0.717) is 6.61 Å². The monoisotopic (exact) mass is 255 g/mol. The summed E-state index contributed by atoms with van der Waals surface area (Å²) in [7, 11) is 0. The largest absolute Gasteiger partial charge is 0.486 e. The number of aryl methyl sites for hydroxylation is 1. The van der Waals surface area contributed by atoms with Gasteiger partial charge in [-0.3, -0.25) is 0 Å². The van der Waals surface area contributed by atoms with Gasteiger partial charge in [-0.2, -0.15) is 0 Å². The maximum absolute atomic E-state index is 5.87. The molecule has 0 aliphatic rings. The Labute approximate surface area is 110 Å². The van der Waals surface area contributed by atoms with Crippen molar-refractivity contribution >= 4 is 22.1 Å². The fraction of sp³-hybridized carbons (Fsp3) is 0.133. The van der Waals surface area contributed by atoms with E-state index in [9.17, 15) is 0 Å². The number of hydrogen-bond acceptors (Lipinski definition) is 3. The van der Waals surface area contributed by atoms with Gasteiger partial charge in [0.05, 0.1) is 0 Å². The number of fused-ring (bicyclic) bond motifs is 1. The van der Waals surface area contributed by atoms with Crippen molar-refractivity contribution in [2.24, 2.45) is 0 Å². The lowest BCUT2D eigenvalue weighted by atomic mass is 10.1. The minimum Gasteiger partial charge on any atom is -0.486 e. The topological polar surface area (TPSA) is 22.1 Å². The van der Waals surface area contributed by atoms with Gasteiger partial charge < -0.3 is 4.74 Å². The summed E-state index contributed by atoms with van der Waals surface area (Å²) < 4.78 is 5.87. The highest BCUT2D eigenvalue weighted by Crippen LogP contribution is 2.26. The molecule has 3 rings (SSSR count). The van der Waals surface area contributed by atoms with Gasteiger partial charge in [-0.25, -0.2) is 4.98 Å². The van der Waals surface area contributed by atoms with E-state index in [4.69, 9.17) is 4.74 Å². The molecule has 3 heteroatoms. The first-order valence-electron chi connectivity index (χ1n) is 5.84. The summed E-state index contributed by atoms with van der Waals surface area (Å²) in [6, 6.07) is 14.4. The summed E-state index contributed by atoms with van der Waals surface area (Å²) in [5, 5.41) is 5.40. The van der Waals surface area contributed by atoms with Crippen LogP contribution in [0.2, 0.25) is 0 Å². The molecule has 0 atom stereocenters. The van der Waals surface area contributed by atoms with Crippen molar-refractivity contribution in [2.45, 2.75) is 13.5 Å². The molecular formula is C15H13NOS. The van der Waals surface area contributed by atoms with Crippen LogP contribution in [0, 0.1) is 6.92 Å². The minimum absolute atomic E-state index is 0.534. The second-order valence-electron chi connectivity index (χ2n) is 4.15. The zero-order chi connectivity index (χ0) is 12.4. The fourth-order valence-corrected chi connectivity index (χ4v) is 2.61.